The number of hydrogen-bond donors (Lipinski definition) is 1. The Morgan fingerprint density at radius 2 is 2.28 bits per heavy atom. The number of aromatic nitrogens is 4. The van der Waals surface area contributed by atoms with Gasteiger partial charge in [-0.3, -0.25) is 4.79 Å². The molecule has 0 atom stereocenters. The number of carbonyl (C=O) groups is 1. The molecule has 0 fully saturated rings. The van der Waals surface area contributed by atoms with Crippen molar-refractivity contribution in [1.29, 1.82) is 0 Å². The van der Waals surface area contributed by atoms with Gasteiger partial charge in [-0.2, -0.15) is 0 Å². The summed E-state index contributed by atoms with van der Waals surface area (Å²) < 4.78 is 1.60. The summed E-state index contributed by atoms with van der Waals surface area (Å²) in [5, 5.41) is 14.0. The van der Waals surface area contributed by atoms with Gasteiger partial charge in [0.25, 0.3) is 5.91 Å². The van der Waals surface area contributed by atoms with E-state index in [9.17, 15) is 4.79 Å². The summed E-state index contributed by atoms with van der Waals surface area (Å²) in [5.41, 5.74) is 1.74. The van der Waals surface area contributed by atoms with Crippen molar-refractivity contribution in [3.05, 3.63) is 41.2 Å². The number of rotatable bonds is 4. The van der Waals surface area contributed by atoms with Crippen LogP contribution in [-0.2, 0) is 13.5 Å². The molecule has 1 N–H and O–H groups in total. The summed E-state index contributed by atoms with van der Waals surface area (Å²) in [7, 11) is 1.78. The molecule has 1 aromatic carbocycles. The van der Waals surface area contributed by atoms with Crippen LogP contribution in [0, 0.1) is 6.92 Å². The predicted octanol–water partition coefficient (Wildman–Crippen LogP) is 0.491. The first-order chi connectivity index (χ1) is 8.66. The van der Waals surface area contributed by atoms with Gasteiger partial charge in [-0.05, 0) is 29.5 Å². The van der Waals surface area contributed by atoms with Crippen LogP contribution in [0.4, 0.5) is 0 Å². The highest BCUT2D eigenvalue weighted by Crippen LogP contribution is 2.03. The first kappa shape index (κ1) is 12.2. The van der Waals surface area contributed by atoms with Gasteiger partial charge >= 0.3 is 0 Å². The lowest BCUT2D eigenvalue weighted by molar-refractivity contribution is 0.0954. The first-order valence-corrected chi connectivity index (χ1v) is 5.73. The molecule has 6 heteroatoms. The predicted molar refractivity (Wildman–Crippen MR) is 66.0 cm³/mol. The van der Waals surface area contributed by atoms with E-state index in [0.717, 1.165) is 11.4 Å². The average Bonchev–Trinajstić information content (AvgIpc) is 2.75. The fourth-order valence-electron chi connectivity index (χ4n) is 1.64. The molecular formula is C12H15N5O. The van der Waals surface area contributed by atoms with Gasteiger partial charge in [-0.15, -0.1) is 5.10 Å². The van der Waals surface area contributed by atoms with Crippen LogP contribution in [-0.4, -0.2) is 32.7 Å². The average molecular weight is 245 g/mol. The van der Waals surface area contributed by atoms with E-state index in [1.807, 2.05) is 25.1 Å². The molecule has 6 nitrogen and oxygen atoms in total. The molecule has 0 spiro atoms. The van der Waals surface area contributed by atoms with Crippen molar-refractivity contribution in [3.63, 3.8) is 0 Å². The van der Waals surface area contributed by atoms with Crippen molar-refractivity contribution in [2.45, 2.75) is 13.3 Å². The topological polar surface area (TPSA) is 72.7 Å². The highest BCUT2D eigenvalue weighted by atomic mass is 16.1. The third kappa shape index (κ3) is 2.91. The lowest BCUT2D eigenvalue weighted by atomic mass is 10.1. The number of nitrogens with one attached hydrogen (secondary N) is 1. The molecule has 94 valence electrons. The van der Waals surface area contributed by atoms with Gasteiger partial charge in [0.2, 0.25) is 0 Å². The number of carbonyl (C=O) groups excluding carboxylic acids is 1. The normalized spacial score (nSPS) is 10.3. The zero-order valence-electron chi connectivity index (χ0n) is 10.4. The Morgan fingerprint density at radius 3 is 2.94 bits per heavy atom. The van der Waals surface area contributed by atoms with Crippen LogP contribution in [0.5, 0.6) is 0 Å². The molecule has 0 aliphatic rings. The maximum absolute atomic E-state index is 11.8. The molecule has 2 aromatic rings. The molecule has 0 saturated heterocycles. The van der Waals surface area contributed by atoms with Crippen molar-refractivity contribution < 1.29 is 4.79 Å². The minimum atomic E-state index is -0.0752. The summed E-state index contributed by atoms with van der Waals surface area (Å²) in [4.78, 5) is 11.8. The van der Waals surface area contributed by atoms with Crippen LogP contribution in [0.2, 0.25) is 0 Å². The second-order valence-corrected chi connectivity index (χ2v) is 4.09. The second kappa shape index (κ2) is 5.39. The molecule has 0 aliphatic heterocycles. The largest absolute Gasteiger partial charge is 0.352 e. The quantitative estimate of drug-likeness (QED) is 0.851. The minimum absolute atomic E-state index is 0.0752. The summed E-state index contributed by atoms with van der Waals surface area (Å²) in [6.07, 6.45) is 0.612. The Morgan fingerprint density at radius 1 is 1.44 bits per heavy atom. The van der Waals surface area contributed by atoms with Gasteiger partial charge in [-0.25, -0.2) is 4.68 Å². The Kier molecular flexibility index (Phi) is 3.66. The molecule has 0 unspecified atom stereocenters. The summed E-state index contributed by atoms with van der Waals surface area (Å²) >= 11 is 0. The molecule has 1 heterocycles. The van der Waals surface area contributed by atoms with Gasteiger partial charge in [0.1, 0.15) is 0 Å². The van der Waals surface area contributed by atoms with Gasteiger partial charge in [0, 0.05) is 25.6 Å². The van der Waals surface area contributed by atoms with E-state index in [-0.39, 0.29) is 5.91 Å². The molecule has 1 amide bonds. The van der Waals surface area contributed by atoms with Gasteiger partial charge in [0.05, 0.1) is 0 Å². The number of hydrogen-bond acceptors (Lipinski definition) is 4. The van der Waals surface area contributed by atoms with Crippen molar-refractivity contribution >= 4 is 5.91 Å². The standard InChI is InChI=1S/C12H15N5O/c1-9-4-3-5-10(8-9)12(18)13-7-6-11-14-15-16-17(11)2/h3-5,8H,6-7H2,1-2H3,(H,13,18). The van der Waals surface area contributed by atoms with Crippen LogP contribution in [0.3, 0.4) is 0 Å². The Hall–Kier alpha value is -2.24. The molecule has 0 aliphatic carbocycles. The van der Waals surface area contributed by atoms with Crippen molar-refractivity contribution in [2.24, 2.45) is 7.05 Å². The SMILES string of the molecule is Cc1cccc(C(=O)NCCc2nnnn2C)c1. The highest BCUT2D eigenvalue weighted by molar-refractivity contribution is 5.94. The van der Waals surface area contributed by atoms with Gasteiger partial charge in [0.15, 0.2) is 5.82 Å². The van der Waals surface area contributed by atoms with Gasteiger partial charge in [-0.1, -0.05) is 17.7 Å². The maximum atomic E-state index is 11.8. The number of tetrazole rings is 1. The fraction of sp³-hybridized carbons (Fsp3) is 0.333. The number of benzene rings is 1. The van der Waals surface area contributed by atoms with Crippen LogP contribution in [0.25, 0.3) is 0 Å². The molecule has 2 rings (SSSR count). The fourth-order valence-corrected chi connectivity index (χ4v) is 1.64. The van der Waals surface area contributed by atoms with Crippen LogP contribution < -0.4 is 5.32 Å². The summed E-state index contributed by atoms with van der Waals surface area (Å²) in [6.45, 7) is 2.48. The van der Waals surface area contributed by atoms with E-state index in [4.69, 9.17) is 0 Å². The van der Waals surface area contributed by atoms with Crippen LogP contribution in [0.1, 0.15) is 21.7 Å². The van der Waals surface area contributed by atoms with E-state index < -0.39 is 0 Å². The monoisotopic (exact) mass is 245 g/mol. The lowest BCUT2D eigenvalue weighted by Crippen LogP contribution is -2.26. The van der Waals surface area contributed by atoms with Crippen molar-refractivity contribution in [2.75, 3.05) is 6.54 Å². The molecular weight excluding hydrogens is 230 g/mol. The Bertz CT molecular complexity index is 549. The minimum Gasteiger partial charge on any atom is -0.352 e. The van der Waals surface area contributed by atoms with Crippen LogP contribution in [0.15, 0.2) is 24.3 Å². The van der Waals surface area contributed by atoms with E-state index >= 15 is 0 Å². The molecule has 0 saturated carbocycles. The molecule has 1 aromatic heterocycles. The zero-order chi connectivity index (χ0) is 13.0. The third-order valence-electron chi connectivity index (χ3n) is 2.62. The number of amides is 1. The third-order valence-corrected chi connectivity index (χ3v) is 2.62. The zero-order valence-corrected chi connectivity index (χ0v) is 10.4. The van der Waals surface area contributed by atoms with Crippen molar-refractivity contribution in [3.8, 4) is 0 Å². The highest BCUT2D eigenvalue weighted by Gasteiger charge is 2.06. The Labute approximate surface area is 105 Å². The van der Waals surface area contributed by atoms with E-state index in [1.54, 1.807) is 17.8 Å². The first-order valence-electron chi connectivity index (χ1n) is 5.73. The molecule has 0 radical (unpaired) electrons. The van der Waals surface area contributed by atoms with E-state index in [2.05, 4.69) is 20.8 Å². The molecule has 18 heavy (non-hydrogen) atoms. The summed E-state index contributed by atoms with van der Waals surface area (Å²) in [6, 6.07) is 7.49. The van der Waals surface area contributed by atoms with E-state index in [1.165, 1.54) is 0 Å². The smallest absolute Gasteiger partial charge is 0.251 e. The second-order valence-electron chi connectivity index (χ2n) is 4.09. The number of nitrogens with zero attached hydrogens (tertiary/aromatic N) is 4. The Balaban J connectivity index is 1.87. The lowest BCUT2D eigenvalue weighted by Gasteiger charge is -2.05. The van der Waals surface area contributed by atoms with E-state index in [0.29, 0.717) is 18.5 Å². The maximum Gasteiger partial charge on any atom is 0.251 e. The number of aryl methyl sites for hydroxylation is 2. The summed E-state index contributed by atoms with van der Waals surface area (Å²) in [5.74, 6) is 0.674. The molecule has 0 bridgehead atoms. The van der Waals surface area contributed by atoms with Crippen molar-refractivity contribution in [1.82, 2.24) is 25.5 Å². The van der Waals surface area contributed by atoms with Crippen LogP contribution >= 0.6 is 0 Å². The van der Waals surface area contributed by atoms with Gasteiger partial charge < -0.3 is 5.32 Å².